The predicted molar refractivity (Wildman–Crippen MR) is 125 cm³/mol. The summed E-state index contributed by atoms with van der Waals surface area (Å²) >= 11 is 0. The van der Waals surface area contributed by atoms with Crippen LogP contribution in [0, 0.1) is 15.9 Å². The summed E-state index contributed by atoms with van der Waals surface area (Å²) < 4.78 is 18.7. The van der Waals surface area contributed by atoms with Crippen molar-refractivity contribution in [2.45, 2.75) is 31.9 Å². The highest BCUT2D eigenvalue weighted by molar-refractivity contribution is 14.0. The number of hydrogen-bond donors (Lipinski definition) is 2. The van der Waals surface area contributed by atoms with Crippen LogP contribution < -0.4 is 10.6 Å². The van der Waals surface area contributed by atoms with Gasteiger partial charge in [0.15, 0.2) is 5.96 Å². The summed E-state index contributed by atoms with van der Waals surface area (Å²) in [4.78, 5) is 14.9. The van der Waals surface area contributed by atoms with Gasteiger partial charge in [-0.2, -0.15) is 0 Å². The summed E-state index contributed by atoms with van der Waals surface area (Å²) in [6.07, 6.45) is 3.01. The number of nitro benzene ring substituents is 1. The predicted octanol–water partition coefficient (Wildman–Crippen LogP) is 3.81. The fourth-order valence-electron chi connectivity index (χ4n) is 3.06. The van der Waals surface area contributed by atoms with E-state index in [4.69, 9.17) is 4.74 Å². The highest BCUT2D eigenvalue weighted by Gasteiger charge is 2.15. The van der Waals surface area contributed by atoms with Crippen LogP contribution in [0.25, 0.3) is 0 Å². The van der Waals surface area contributed by atoms with Crippen LogP contribution in [0.15, 0.2) is 53.5 Å². The third-order valence-electron chi connectivity index (χ3n) is 4.71. The summed E-state index contributed by atoms with van der Waals surface area (Å²) in [6, 6.07) is 12.8. The molecule has 0 radical (unpaired) electrons. The molecule has 9 heteroatoms. The van der Waals surface area contributed by atoms with E-state index in [0.717, 1.165) is 37.0 Å². The van der Waals surface area contributed by atoms with Gasteiger partial charge in [0.05, 0.1) is 17.6 Å². The van der Waals surface area contributed by atoms with Crippen molar-refractivity contribution in [3.05, 3.63) is 75.6 Å². The lowest BCUT2D eigenvalue weighted by molar-refractivity contribution is -0.384. The molecule has 1 saturated heterocycles. The largest absolute Gasteiger partial charge is 0.376 e. The van der Waals surface area contributed by atoms with Gasteiger partial charge in [-0.15, -0.1) is 24.0 Å². The average Bonchev–Trinajstić information content (AvgIpc) is 3.25. The zero-order valence-corrected chi connectivity index (χ0v) is 18.9. The molecule has 0 spiro atoms. The van der Waals surface area contributed by atoms with Crippen molar-refractivity contribution >= 4 is 35.6 Å². The second-order valence-electron chi connectivity index (χ2n) is 6.91. The van der Waals surface area contributed by atoms with Gasteiger partial charge in [0.25, 0.3) is 5.69 Å². The van der Waals surface area contributed by atoms with E-state index in [0.29, 0.717) is 25.6 Å². The van der Waals surface area contributed by atoms with E-state index in [2.05, 4.69) is 15.6 Å². The second-order valence-corrected chi connectivity index (χ2v) is 6.91. The maximum absolute atomic E-state index is 13.0. The highest BCUT2D eigenvalue weighted by Crippen LogP contribution is 2.13. The van der Waals surface area contributed by atoms with Crippen molar-refractivity contribution in [1.82, 2.24) is 10.6 Å². The fourth-order valence-corrected chi connectivity index (χ4v) is 3.06. The van der Waals surface area contributed by atoms with Crippen LogP contribution in [0.1, 0.15) is 24.0 Å². The molecule has 3 rings (SSSR count). The molecular weight excluding hydrogens is 502 g/mol. The molecular formula is C21H26FIN4O3. The van der Waals surface area contributed by atoms with E-state index in [1.54, 1.807) is 24.3 Å². The van der Waals surface area contributed by atoms with Gasteiger partial charge in [-0.05, 0) is 42.5 Å². The van der Waals surface area contributed by atoms with Gasteiger partial charge in [0, 0.05) is 31.8 Å². The fraction of sp³-hybridized carbons (Fsp3) is 0.381. The highest BCUT2D eigenvalue weighted by atomic mass is 127. The molecule has 2 N–H and O–H groups in total. The van der Waals surface area contributed by atoms with E-state index in [-0.39, 0.29) is 41.6 Å². The third kappa shape index (κ3) is 7.86. The van der Waals surface area contributed by atoms with Crippen molar-refractivity contribution in [3.63, 3.8) is 0 Å². The van der Waals surface area contributed by atoms with E-state index in [9.17, 15) is 14.5 Å². The lowest BCUT2D eigenvalue weighted by Crippen LogP contribution is -2.41. The van der Waals surface area contributed by atoms with E-state index < -0.39 is 4.92 Å². The van der Waals surface area contributed by atoms with Crippen LogP contribution in [-0.2, 0) is 17.7 Å². The van der Waals surface area contributed by atoms with Gasteiger partial charge in [-0.1, -0.05) is 24.3 Å². The Morgan fingerprint density at radius 3 is 2.47 bits per heavy atom. The Kier molecular flexibility index (Phi) is 9.95. The molecule has 0 aromatic heterocycles. The van der Waals surface area contributed by atoms with Crippen LogP contribution in [-0.4, -0.2) is 36.7 Å². The molecule has 1 aliphatic rings. The van der Waals surface area contributed by atoms with Gasteiger partial charge in [0.1, 0.15) is 5.82 Å². The normalized spacial score (nSPS) is 16.0. The summed E-state index contributed by atoms with van der Waals surface area (Å²) in [5, 5.41) is 17.4. The van der Waals surface area contributed by atoms with Crippen molar-refractivity contribution in [3.8, 4) is 0 Å². The first-order valence-electron chi connectivity index (χ1n) is 9.72. The SMILES string of the molecule is I.O=[N+]([O-])c1ccc(CN=C(NCCc2ccc(F)cc2)NCC2CCCO2)cc1. The molecule has 0 saturated carbocycles. The first-order chi connectivity index (χ1) is 14.1. The molecule has 2 aromatic carbocycles. The topological polar surface area (TPSA) is 88.8 Å². The summed E-state index contributed by atoms with van der Waals surface area (Å²) in [5.74, 6) is 0.409. The quantitative estimate of drug-likeness (QED) is 0.179. The van der Waals surface area contributed by atoms with Gasteiger partial charge in [-0.3, -0.25) is 10.1 Å². The standard InChI is InChI=1S/C21H25FN4O3.HI/c22-18-7-3-16(4-8-18)11-12-23-21(25-15-20-2-1-13-29-20)24-14-17-5-9-19(10-6-17)26(27)28;/h3-10,20H,1-2,11-15H2,(H2,23,24,25);1H. The number of guanidine groups is 1. The Morgan fingerprint density at radius 1 is 1.13 bits per heavy atom. The lowest BCUT2D eigenvalue weighted by atomic mass is 10.1. The average molecular weight is 528 g/mol. The molecule has 0 amide bonds. The maximum Gasteiger partial charge on any atom is 0.269 e. The van der Waals surface area contributed by atoms with Crippen molar-refractivity contribution < 1.29 is 14.1 Å². The summed E-state index contributed by atoms with van der Waals surface area (Å²) in [5.41, 5.74) is 1.98. The summed E-state index contributed by atoms with van der Waals surface area (Å²) in [7, 11) is 0. The molecule has 1 heterocycles. The van der Waals surface area contributed by atoms with Crippen LogP contribution >= 0.6 is 24.0 Å². The number of nitrogens with one attached hydrogen (secondary N) is 2. The molecule has 7 nitrogen and oxygen atoms in total. The van der Waals surface area contributed by atoms with Crippen LogP contribution in [0.5, 0.6) is 0 Å². The Balaban J connectivity index is 0.00000320. The monoisotopic (exact) mass is 528 g/mol. The van der Waals surface area contributed by atoms with E-state index in [1.807, 2.05) is 0 Å². The molecule has 0 aliphatic carbocycles. The number of non-ortho nitro benzene ring substituents is 1. The van der Waals surface area contributed by atoms with Gasteiger partial charge >= 0.3 is 0 Å². The third-order valence-corrected chi connectivity index (χ3v) is 4.71. The summed E-state index contributed by atoms with van der Waals surface area (Å²) in [6.45, 7) is 2.50. The number of halogens is 2. The maximum atomic E-state index is 13.0. The van der Waals surface area contributed by atoms with Crippen LogP contribution in [0.4, 0.5) is 10.1 Å². The molecule has 162 valence electrons. The Bertz CT molecular complexity index is 825. The lowest BCUT2D eigenvalue weighted by Gasteiger charge is -2.16. The second kappa shape index (κ2) is 12.4. The smallest absolute Gasteiger partial charge is 0.269 e. The van der Waals surface area contributed by atoms with Crippen molar-refractivity contribution in [2.24, 2.45) is 4.99 Å². The Morgan fingerprint density at radius 2 is 1.83 bits per heavy atom. The molecule has 0 bridgehead atoms. The minimum absolute atomic E-state index is 0. The molecule has 2 aromatic rings. The number of nitrogens with zero attached hydrogens (tertiary/aromatic N) is 2. The Labute approximate surface area is 192 Å². The number of hydrogen-bond acceptors (Lipinski definition) is 4. The van der Waals surface area contributed by atoms with Crippen LogP contribution in [0.2, 0.25) is 0 Å². The zero-order chi connectivity index (χ0) is 20.5. The molecule has 30 heavy (non-hydrogen) atoms. The molecule has 1 aliphatic heterocycles. The first kappa shape index (κ1) is 24.0. The molecule has 1 unspecified atom stereocenters. The Hall–Kier alpha value is -2.27. The number of benzene rings is 2. The zero-order valence-electron chi connectivity index (χ0n) is 16.6. The number of nitro groups is 1. The number of aliphatic imine (C=N–C) groups is 1. The minimum Gasteiger partial charge on any atom is -0.376 e. The van der Waals surface area contributed by atoms with Gasteiger partial charge < -0.3 is 15.4 Å². The number of rotatable bonds is 8. The first-order valence-corrected chi connectivity index (χ1v) is 9.72. The van der Waals surface area contributed by atoms with Gasteiger partial charge in [-0.25, -0.2) is 9.38 Å². The van der Waals surface area contributed by atoms with Gasteiger partial charge in [0.2, 0.25) is 0 Å². The van der Waals surface area contributed by atoms with Crippen LogP contribution in [0.3, 0.4) is 0 Å². The molecule has 1 fully saturated rings. The van der Waals surface area contributed by atoms with Crippen molar-refractivity contribution in [1.29, 1.82) is 0 Å². The number of ether oxygens (including phenoxy) is 1. The van der Waals surface area contributed by atoms with Crippen molar-refractivity contribution in [2.75, 3.05) is 19.7 Å². The van der Waals surface area contributed by atoms with E-state index >= 15 is 0 Å². The molecule has 1 atom stereocenters. The van der Waals surface area contributed by atoms with E-state index in [1.165, 1.54) is 24.3 Å². The minimum atomic E-state index is -0.418.